The lowest BCUT2D eigenvalue weighted by molar-refractivity contribution is 0.0951. The lowest BCUT2D eigenvalue weighted by Gasteiger charge is -2.07. The minimum Gasteiger partial charge on any atom is -0.508 e. The van der Waals surface area contributed by atoms with Crippen molar-refractivity contribution in [2.24, 2.45) is 0 Å². The Kier molecular flexibility index (Phi) is 3.30. The minimum absolute atomic E-state index is 0.129. The molecule has 0 saturated carbocycles. The summed E-state index contributed by atoms with van der Waals surface area (Å²) in [6.45, 7) is 0.256. The highest BCUT2D eigenvalue weighted by molar-refractivity contribution is 7.08. The molecule has 0 atom stereocenters. The van der Waals surface area contributed by atoms with E-state index in [-0.39, 0.29) is 18.2 Å². The van der Waals surface area contributed by atoms with Crippen LogP contribution in [0.5, 0.6) is 5.75 Å². The number of hydrogen-bond donors (Lipinski definition) is 3. The highest BCUT2D eigenvalue weighted by Crippen LogP contribution is 2.19. The van der Waals surface area contributed by atoms with E-state index in [0.717, 1.165) is 0 Å². The summed E-state index contributed by atoms with van der Waals surface area (Å²) in [4.78, 5) is 11.7. The minimum atomic E-state index is -0.159. The maximum atomic E-state index is 11.7. The molecular weight excluding hydrogens is 236 g/mol. The molecule has 1 aromatic heterocycles. The second kappa shape index (κ2) is 4.88. The number of nitrogen functional groups attached to an aromatic ring is 1. The van der Waals surface area contributed by atoms with E-state index in [4.69, 9.17) is 5.73 Å². The first kappa shape index (κ1) is 11.5. The standard InChI is InChI=1S/C12H12N2O2S/c13-10-1-2-11(15)9(5-10)6-14-12(16)8-3-4-17-7-8/h1-5,7,15H,6,13H2,(H,14,16). The number of nitrogens with one attached hydrogen (secondary N) is 1. The molecular formula is C12H12N2O2S. The SMILES string of the molecule is Nc1ccc(O)c(CNC(=O)c2ccsc2)c1. The van der Waals surface area contributed by atoms with Crippen molar-refractivity contribution in [1.29, 1.82) is 0 Å². The fraction of sp³-hybridized carbons (Fsp3) is 0.0833. The van der Waals surface area contributed by atoms with Crippen LogP contribution < -0.4 is 11.1 Å². The molecule has 0 saturated heterocycles. The van der Waals surface area contributed by atoms with E-state index in [2.05, 4.69) is 5.32 Å². The van der Waals surface area contributed by atoms with Crippen molar-refractivity contribution in [2.45, 2.75) is 6.54 Å². The van der Waals surface area contributed by atoms with Gasteiger partial charge >= 0.3 is 0 Å². The molecule has 2 aromatic rings. The number of benzene rings is 1. The molecule has 4 N–H and O–H groups in total. The number of thiophene rings is 1. The predicted octanol–water partition coefficient (Wildman–Crippen LogP) is 1.97. The van der Waals surface area contributed by atoms with Gasteiger partial charge in [0.15, 0.2) is 0 Å². The normalized spacial score (nSPS) is 10.1. The third-order valence-corrected chi connectivity index (χ3v) is 3.01. The van der Waals surface area contributed by atoms with E-state index >= 15 is 0 Å². The molecule has 17 heavy (non-hydrogen) atoms. The largest absolute Gasteiger partial charge is 0.508 e. The Labute approximate surface area is 103 Å². The summed E-state index contributed by atoms with van der Waals surface area (Å²) in [7, 11) is 0. The first-order valence-electron chi connectivity index (χ1n) is 5.04. The third kappa shape index (κ3) is 2.76. The van der Waals surface area contributed by atoms with Crippen molar-refractivity contribution in [1.82, 2.24) is 5.32 Å². The molecule has 0 unspecified atom stereocenters. The average Bonchev–Trinajstić information content (AvgIpc) is 2.83. The molecule has 0 radical (unpaired) electrons. The summed E-state index contributed by atoms with van der Waals surface area (Å²) in [5.41, 5.74) is 7.39. The van der Waals surface area contributed by atoms with Crippen LogP contribution in [0.2, 0.25) is 0 Å². The van der Waals surface area contributed by atoms with Crippen molar-refractivity contribution < 1.29 is 9.90 Å². The number of hydrogen-bond acceptors (Lipinski definition) is 4. The summed E-state index contributed by atoms with van der Waals surface area (Å²) in [5, 5.41) is 15.9. The monoisotopic (exact) mass is 248 g/mol. The average molecular weight is 248 g/mol. The maximum Gasteiger partial charge on any atom is 0.252 e. The fourth-order valence-electron chi connectivity index (χ4n) is 1.42. The van der Waals surface area contributed by atoms with Gasteiger partial charge in [-0.05, 0) is 29.6 Å². The molecule has 0 aliphatic rings. The molecule has 5 heteroatoms. The van der Waals surface area contributed by atoms with Gasteiger partial charge in [0.05, 0.1) is 0 Å². The molecule has 0 spiro atoms. The third-order valence-electron chi connectivity index (χ3n) is 2.33. The quantitative estimate of drug-likeness (QED) is 0.574. The number of rotatable bonds is 3. The van der Waals surface area contributed by atoms with Crippen molar-refractivity contribution >= 4 is 22.9 Å². The summed E-state index contributed by atoms with van der Waals surface area (Å²) >= 11 is 1.46. The first-order valence-corrected chi connectivity index (χ1v) is 5.99. The number of carbonyl (C=O) groups is 1. The molecule has 0 fully saturated rings. The molecule has 0 bridgehead atoms. The summed E-state index contributed by atoms with van der Waals surface area (Å²) < 4.78 is 0. The lowest BCUT2D eigenvalue weighted by atomic mass is 10.1. The summed E-state index contributed by atoms with van der Waals surface area (Å²) in [5.74, 6) is -0.0297. The summed E-state index contributed by atoms with van der Waals surface area (Å²) in [6, 6.07) is 6.52. The van der Waals surface area contributed by atoms with Crippen LogP contribution in [0.1, 0.15) is 15.9 Å². The molecule has 2 rings (SSSR count). The molecule has 4 nitrogen and oxygen atoms in total. The molecule has 88 valence electrons. The van der Waals surface area contributed by atoms with E-state index in [1.807, 2.05) is 5.38 Å². The van der Waals surface area contributed by atoms with Crippen LogP contribution >= 0.6 is 11.3 Å². The van der Waals surface area contributed by atoms with Crippen molar-refractivity contribution in [3.05, 3.63) is 46.2 Å². The van der Waals surface area contributed by atoms with Gasteiger partial charge in [-0.15, -0.1) is 0 Å². The number of phenolic OH excluding ortho intramolecular Hbond substituents is 1. The Bertz CT molecular complexity index is 523. The van der Waals surface area contributed by atoms with Gasteiger partial charge in [0, 0.05) is 28.7 Å². The van der Waals surface area contributed by atoms with E-state index in [1.165, 1.54) is 17.4 Å². The van der Waals surface area contributed by atoms with Crippen LogP contribution in [-0.4, -0.2) is 11.0 Å². The Hall–Kier alpha value is -2.01. The number of aromatic hydroxyl groups is 1. The van der Waals surface area contributed by atoms with Gasteiger partial charge < -0.3 is 16.2 Å². The number of nitrogens with two attached hydrogens (primary N) is 1. The van der Waals surface area contributed by atoms with Gasteiger partial charge in [-0.1, -0.05) is 0 Å². The predicted molar refractivity (Wildman–Crippen MR) is 68.0 cm³/mol. The van der Waals surface area contributed by atoms with Gasteiger partial charge in [-0.25, -0.2) is 0 Å². The van der Waals surface area contributed by atoms with Crippen LogP contribution in [0, 0.1) is 0 Å². The molecule has 1 heterocycles. The number of amides is 1. The first-order chi connectivity index (χ1) is 8.16. The van der Waals surface area contributed by atoms with Crippen LogP contribution in [0.4, 0.5) is 5.69 Å². The van der Waals surface area contributed by atoms with Gasteiger partial charge in [-0.3, -0.25) is 4.79 Å². The zero-order valence-electron chi connectivity index (χ0n) is 9.01. The number of anilines is 1. The van der Waals surface area contributed by atoms with Crippen LogP contribution in [0.3, 0.4) is 0 Å². The number of phenols is 1. The molecule has 0 aliphatic carbocycles. The topological polar surface area (TPSA) is 75.3 Å². The van der Waals surface area contributed by atoms with Gasteiger partial charge in [0.1, 0.15) is 5.75 Å². The molecule has 1 aromatic carbocycles. The Morgan fingerprint density at radius 2 is 2.24 bits per heavy atom. The highest BCUT2D eigenvalue weighted by atomic mass is 32.1. The van der Waals surface area contributed by atoms with E-state index in [9.17, 15) is 9.90 Å². The Balaban J connectivity index is 2.03. The van der Waals surface area contributed by atoms with Crippen LogP contribution in [-0.2, 0) is 6.54 Å². The number of carbonyl (C=O) groups excluding carboxylic acids is 1. The van der Waals surface area contributed by atoms with Crippen molar-refractivity contribution in [3.8, 4) is 5.75 Å². The fourth-order valence-corrected chi connectivity index (χ4v) is 2.05. The van der Waals surface area contributed by atoms with Gasteiger partial charge in [0.2, 0.25) is 0 Å². The van der Waals surface area contributed by atoms with Crippen molar-refractivity contribution in [3.63, 3.8) is 0 Å². The highest BCUT2D eigenvalue weighted by Gasteiger charge is 2.07. The van der Waals surface area contributed by atoms with E-state index < -0.39 is 0 Å². The van der Waals surface area contributed by atoms with E-state index in [0.29, 0.717) is 16.8 Å². The Morgan fingerprint density at radius 3 is 2.94 bits per heavy atom. The van der Waals surface area contributed by atoms with Crippen LogP contribution in [0.15, 0.2) is 35.0 Å². The lowest BCUT2D eigenvalue weighted by Crippen LogP contribution is -2.22. The van der Waals surface area contributed by atoms with Gasteiger partial charge in [-0.2, -0.15) is 11.3 Å². The second-order valence-electron chi connectivity index (χ2n) is 3.58. The Morgan fingerprint density at radius 1 is 1.41 bits per heavy atom. The zero-order chi connectivity index (χ0) is 12.3. The van der Waals surface area contributed by atoms with Gasteiger partial charge in [0.25, 0.3) is 5.91 Å². The molecule has 0 aliphatic heterocycles. The van der Waals surface area contributed by atoms with Crippen LogP contribution in [0.25, 0.3) is 0 Å². The maximum absolute atomic E-state index is 11.7. The smallest absolute Gasteiger partial charge is 0.252 e. The van der Waals surface area contributed by atoms with E-state index in [1.54, 1.807) is 23.6 Å². The second-order valence-corrected chi connectivity index (χ2v) is 4.36. The molecule has 1 amide bonds. The summed E-state index contributed by atoms with van der Waals surface area (Å²) in [6.07, 6.45) is 0. The van der Waals surface area contributed by atoms with Crippen molar-refractivity contribution in [2.75, 3.05) is 5.73 Å². The zero-order valence-corrected chi connectivity index (χ0v) is 9.83.